The Labute approximate surface area is 166 Å². The molecule has 0 spiro atoms. The lowest BCUT2D eigenvalue weighted by atomic mass is 9.98. The molecule has 7 nitrogen and oxygen atoms in total. The lowest BCUT2D eigenvalue weighted by molar-refractivity contribution is 0.102. The fourth-order valence-electron chi connectivity index (χ4n) is 3.35. The van der Waals surface area contributed by atoms with Crippen molar-refractivity contribution in [3.8, 4) is 11.8 Å². The van der Waals surface area contributed by atoms with Gasteiger partial charge in [-0.1, -0.05) is 6.92 Å². The Hall–Kier alpha value is -3.99. The van der Waals surface area contributed by atoms with Crippen LogP contribution >= 0.6 is 0 Å². The number of fused-ring (bicyclic) bond motifs is 1. The molecule has 1 N–H and O–H groups in total. The molecule has 0 saturated heterocycles. The van der Waals surface area contributed by atoms with E-state index in [0.29, 0.717) is 23.2 Å². The molecular weight excluding hydrogens is 371 g/mol. The van der Waals surface area contributed by atoms with Crippen molar-refractivity contribution in [2.75, 3.05) is 5.32 Å². The second-order valence-electron chi connectivity index (χ2n) is 6.57. The number of hydrogen-bond donors (Lipinski definition) is 1. The van der Waals surface area contributed by atoms with E-state index < -0.39 is 11.7 Å². The summed E-state index contributed by atoms with van der Waals surface area (Å²) in [6, 6.07) is 9.88. The minimum atomic E-state index is -0.653. The van der Waals surface area contributed by atoms with Gasteiger partial charge in [0, 0.05) is 18.1 Å². The van der Waals surface area contributed by atoms with Gasteiger partial charge in [-0.05, 0) is 42.3 Å². The SMILES string of the molecule is CCc1c(C#N)ccc(F)c1C(=O)Nc1ccc2cnn(-c3cnn(C)c3)c2c1. The molecule has 144 valence electrons. The van der Waals surface area contributed by atoms with Crippen molar-refractivity contribution in [1.82, 2.24) is 19.6 Å². The highest BCUT2D eigenvalue weighted by molar-refractivity contribution is 6.06. The first-order chi connectivity index (χ1) is 14.0. The molecule has 2 aromatic heterocycles. The fourth-order valence-corrected chi connectivity index (χ4v) is 3.35. The van der Waals surface area contributed by atoms with Crippen molar-refractivity contribution in [3.63, 3.8) is 0 Å². The Kier molecular flexibility index (Phi) is 4.56. The maximum Gasteiger partial charge on any atom is 0.258 e. The molecule has 4 rings (SSSR count). The topological polar surface area (TPSA) is 88.5 Å². The molecule has 0 bridgehead atoms. The highest BCUT2D eigenvalue weighted by atomic mass is 19.1. The Morgan fingerprint density at radius 1 is 1.24 bits per heavy atom. The van der Waals surface area contributed by atoms with Crippen LogP contribution in [0.5, 0.6) is 0 Å². The van der Waals surface area contributed by atoms with Crippen LogP contribution in [0.25, 0.3) is 16.6 Å². The summed E-state index contributed by atoms with van der Waals surface area (Å²) in [6.45, 7) is 1.78. The lowest BCUT2D eigenvalue weighted by Crippen LogP contribution is -2.17. The van der Waals surface area contributed by atoms with E-state index in [-0.39, 0.29) is 5.56 Å². The highest BCUT2D eigenvalue weighted by Gasteiger charge is 2.19. The van der Waals surface area contributed by atoms with E-state index in [1.165, 1.54) is 6.07 Å². The number of anilines is 1. The molecule has 0 radical (unpaired) electrons. The van der Waals surface area contributed by atoms with Crippen molar-refractivity contribution in [3.05, 3.63) is 71.4 Å². The molecule has 0 unspecified atom stereocenters. The number of aromatic nitrogens is 4. The van der Waals surface area contributed by atoms with Crippen molar-refractivity contribution in [1.29, 1.82) is 5.26 Å². The van der Waals surface area contributed by atoms with Gasteiger partial charge < -0.3 is 5.32 Å². The molecule has 1 amide bonds. The Morgan fingerprint density at radius 3 is 2.76 bits per heavy atom. The second kappa shape index (κ2) is 7.20. The van der Waals surface area contributed by atoms with E-state index in [4.69, 9.17) is 0 Å². The largest absolute Gasteiger partial charge is 0.322 e. The number of nitrogens with one attached hydrogen (secondary N) is 1. The number of rotatable bonds is 4. The van der Waals surface area contributed by atoms with Crippen LogP contribution in [0.2, 0.25) is 0 Å². The van der Waals surface area contributed by atoms with Gasteiger partial charge in [0.1, 0.15) is 11.5 Å². The monoisotopic (exact) mass is 388 g/mol. The minimum absolute atomic E-state index is 0.104. The second-order valence-corrected chi connectivity index (χ2v) is 6.57. The molecule has 0 aliphatic carbocycles. The van der Waals surface area contributed by atoms with Crippen LogP contribution in [0, 0.1) is 17.1 Å². The number of carbonyl (C=O) groups excluding carboxylic acids is 1. The molecule has 0 aliphatic rings. The number of aryl methyl sites for hydroxylation is 1. The first-order valence-electron chi connectivity index (χ1n) is 9.01. The Morgan fingerprint density at radius 2 is 2.07 bits per heavy atom. The summed E-state index contributed by atoms with van der Waals surface area (Å²) >= 11 is 0. The van der Waals surface area contributed by atoms with Gasteiger partial charge in [-0.3, -0.25) is 9.48 Å². The van der Waals surface area contributed by atoms with E-state index >= 15 is 0 Å². The van der Waals surface area contributed by atoms with Gasteiger partial charge in [-0.2, -0.15) is 15.5 Å². The van der Waals surface area contributed by atoms with Crippen LogP contribution in [0.15, 0.2) is 48.9 Å². The Balaban J connectivity index is 1.72. The van der Waals surface area contributed by atoms with Crippen molar-refractivity contribution in [2.24, 2.45) is 7.05 Å². The predicted molar refractivity (Wildman–Crippen MR) is 106 cm³/mol. The lowest BCUT2D eigenvalue weighted by Gasteiger charge is -2.12. The summed E-state index contributed by atoms with van der Waals surface area (Å²) in [5.41, 5.74) is 2.64. The normalized spacial score (nSPS) is 10.8. The first-order valence-corrected chi connectivity index (χ1v) is 9.01. The van der Waals surface area contributed by atoms with Crippen molar-refractivity contribution >= 4 is 22.5 Å². The Bertz CT molecular complexity index is 1280. The number of halogens is 1. The quantitative estimate of drug-likeness (QED) is 0.579. The van der Waals surface area contributed by atoms with Crippen LogP contribution in [0.4, 0.5) is 10.1 Å². The van der Waals surface area contributed by atoms with Gasteiger partial charge in [0.2, 0.25) is 0 Å². The van der Waals surface area contributed by atoms with E-state index in [1.54, 1.807) is 40.8 Å². The number of hydrogen-bond acceptors (Lipinski definition) is 4. The molecule has 4 aromatic rings. The van der Waals surface area contributed by atoms with E-state index in [0.717, 1.165) is 22.7 Å². The summed E-state index contributed by atoms with van der Waals surface area (Å²) in [7, 11) is 1.82. The zero-order valence-corrected chi connectivity index (χ0v) is 15.8. The molecule has 0 saturated carbocycles. The third kappa shape index (κ3) is 3.23. The third-order valence-corrected chi connectivity index (χ3v) is 4.73. The van der Waals surface area contributed by atoms with Crippen LogP contribution < -0.4 is 5.32 Å². The van der Waals surface area contributed by atoms with Crippen LogP contribution in [0.1, 0.15) is 28.4 Å². The van der Waals surface area contributed by atoms with E-state index in [2.05, 4.69) is 15.5 Å². The average Bonchev–Trinajstić information content (AvgIpc) is 3.32. The van der Waals surface area contributed by atoms with Gasteiger partial charge in [0.15, 0.2) is 0 Å². The average molecular weight is 388 g/mol. The summed E-state index contributed by atoms with van der Waals surface area (Å²) in [6.07, 6.45) is 5.61. The summed E-state index contributed by atoms with van der Waals surface area (Å²) in [4.78, 5) is 12.8. The zero-order chi connectivity index (χ0) is 20.5. The summed E-state index contributed by atoms with van der Waals surface area (Å²) in [5, 5.41) is 21.4. The maximum atomic E-state index is 14.4. The molecular formula is C21H17FN6O. The highest BCUT2D eigenvalue weighted by Crippen LogP contribution is 2.24. The molecule has 0 atom stereocenters. The molecule has 2 heterocycles. The van der Waals surface area contributed by atoms with Gasteiger partial charge in [0.25, 0.3) is 5.91 Å². The molecule has 29 heavy (non-hydrogen) atoms. The smallest absolute Gasteiger partial charge is 0.258 e. The summed E-state index contributed by atoms with van der Waals surface area (Å²) < 4.78 is 17.8. The van der Waals surface area contributed by atoms with Crippen LogP contribution in [-0.4, -0.2) is 25.5 Å². The van der Waals surface area contributed by atoms with Crippen molar-refractivity contribution < 1.29 is 9.18 Å². The number of benzene rings is 2. The predicted octanol–water partition coefficient (Wildman–Crippen LogP) is 3.58. The fraction of sp³-hybridized carbons (Fsp3) is 0.143. The number of nitriles is 1. The van der Waals surface area contributed by atoms with Crippen LogP contribution in [0.3, 0.4) is 0 Å². The third-order valence-electron chi connectivity index (χ3n) is 4.73. The summed E-state index contributed by atoms with van der Waals surface area (Å²) in [5.74, 6) is -1.25. The van der Waals surface area contributed by atoms with Gasteiger partial charge in [-0.15, -0.1) is 0 Å². The molecule has 0 aliphatic heterocycles. The number of carbonyl (C=O) groups is 1. The minimum Gasteiger partial charge on any atom is -0.322 e. The first kappa shape index (κ1) is 18.4. The van der Waals surface area contributed by atoms with Crippen molar-refractivity contribution in [2.45, 2.75) is 13.3 Å². The number of amides is 1. The molecule has 2 aromatic carbocycles. The zero-order valence-electron chi connectivity index (χ0n) is 15.8. The standard InChI is InChI=1S/C21H17FN6O/c1-3-17-13(9-23)5-7-18(22)20(17)21(29)26-15-6-4-14-10-25-28(19(14)8-15)16-11-24-27(2)12-16/h4-8,10-12H,3H2,1-2H3,(H,26,29). The van der Waals surface area contributed by atoms with E-state index in [1.807, 2.05) is 25.4 Å². The number of nitrogens with zero attached hydrogens (tertiary/aromatic N) is 5. The maximum absolute atomic E-state index is 14.4. The molecule has 0 fully saturated rings. The van der Waals surface area contributed by atoms with Crippen LogP contribution in [-0.2, 0) is 13.5 Å². The molecule has 8 heteroatoms. The van der Waals surface area contributed by atoms with Gasteiger partial charge in [0.05, 0.1) is 41.3 Å². The van der Waals surface area contributed by atoms with Gasteiger partial charge >= 0.3 is 0 Å². The van der Waals surface area contributed by atoms with E-state index in [9.17, 15) is 14.4 Å². The van der Waals surface area contributed by atoms with Gasteiger partial charge in [-0.25, -0.2) is 9.07 Å².